The van der Waals surface area contributed by atoms with Crippen LogP contribution in [0.2, 0.25) is 0 Å². The molecule has 1 saturated heterocycles. The Bertz CT molecular complexity index is 552. The van der Waals surface area contributed by atoms with Crippen LogP contribution in [0.25, 0.3) is 0 Å². The molecule has 1 aliphatic heterocycles. The summed E-state index contributed by atoms with van der Waals surface area (Å²) in [5.74, 6) is 1.62. The van der Waals surface area contributed by atoms with Crippen molar-refractivity contribution in [2.45, 2.75) is 18.9 Å². The minimum Gasteiger partial charge on any atom is -0.496 e. The second-order valence-corrected chi connectivity index (χ2v) is 5.45. The topological polar surface area (TPSA) is 12.5 Å². The quantitative estimate of drug-likeness (QED) is 0.837. The molecule has 0 aliphatic carbocycles. The van der Waals surface area contributed by atoms with Crippen molar-refractivity contribution in [3.05, 3.63) is 65.7 Å². The Hall–Kier alpha value is -1.80. The first-order chi connectivity index (χ1) is 9.86. The van der Waals surface area contributed by atoms with E-state index in [1.165, 1.54) is 17.5 Å². The van der Waals surface area contributed by atoms with Gasteiger partial charge in [0.25, 0.3) is 0 Å². The summed E-state index contributed by atoms with van der Waals surface area (Å²) in [6.07, 6.45) is 1.22. The average molecular weight is 267 g/mol. The van der Waals surface area contributed by atoms with E-state index in [4.69, 9.17) is 4.74 Å². The van der Waals surface area contributed by atoms with E-state index in [1.807, 2.05) is 6.07 Å². The number of methoxy groups -OCH3 is 1. The number of ether oxygens (including phenoxy) is 1. The summed E-state index contributed by atoms with van der Waals surface area (Å²) in [4.78, 5) is 2.53. The normalized spacial score (nSPS) is 19.1. The van der Waals surface area contributed by atoms with Gasteiger partial charge < -0.3 is 4.74 Å². The lowest BCUT2D eigenvalue weighted by Crippen LogP contribution is -2.19. The lowest BCUT2D eigenvalue weighted by atomic mass is 9.97. The van der Waals surface area contributed by atoms with E-state index < -0.39 is 0 Å². The largest absolute Gasteiger partial charge is 0.496 e. The molecule has 1 aliphatic rings. The summed E-state index contributed by atoms with van der Waals surface area (Å²) < 4.78 is 5.49. The van der Waals surface area contributed by atoms with Crippen molar-refractivity contribution in [3.63, 3.8) is 0 Å². The van der Waals surface area contributed by atoms with Crippen LogP contribution in [0.5, 0.6) is 5.75 Å². The fourth-order valence-electron chi connectivity index (χ4n) is 3.08. The lowest BCUT2D eigenvalue weighted by Gasteiger charge is -2.17. The van der Waals surface area contributed by atoms with Gasteiger partial charge in [-0.3, -0.25) is 4.90 Å². The Morgan fingerprint density at radius 3 is 2.60 bits per heavy atom. The van der Waals surface area contributed by atoms with Crippen molar-refractivity contribution >= 4 is 0 Å². The third-order valence-electron chi connectivity index (χ3n) is 4.10. The standard InChI is InChI=1S/C18H21NO/c1-20-18-10-6-5-9-17(18)16-11-12-19(14-16)13-15-7-3-2-4-8-15/h2-10,16H,11-14H2,1H3. The molecule has 2 aromatic carbocycles. The SMILES string of the molecule is COc1ccccc1C1CCN(Cc2ccccc2)C1. The van der Waals surface area contributed by atoms with E-state index in [9.17, 15) is 0 Å². The van der Waals surface area contributed by atoms with Crippen molar-refractivity contribution in [1.29, 1.82) is 0 Å². The van der Waals surface area contributed by atoms with Gasteiger partial charge in [0.2, 0.25) is 0 Å². The van der Waals surface area contributed by atoms with E-state index in [0.717, 1.165) is 25.4 Å². The first-order valence-electron chi connectivity index (χ1n) is 7.26. The van der Waals surface area contributed by atoms with Crippen LogP contribution >= 0.6 is 0 Å². The maximum atomic E-state index is 5.49. The molecule has 0 radical (unpaired) electrons. The maximum Gasteiger partial charge on any atom is 0.122 e. The molecule has 1 fully saturated rings. The van der Waals surface area contributed by atoms with Crippen molar-refractivity contribution < 1.29 is 4.74 Å². The van der Waals surface area contributed by atoms with Gasteiger partial charge in [-0.25, -0.2) is 0 Å². The molecule has 0 amide bonds. The zero-order valence-electron chi connectivity index (χ0n) is 12.0. The molecule has 1 atom stereocenters. The predicted octanol–water partition coefficient (Wildman–Crippen LogP) is 3.68. The Morgan fingerprint density at radius 1 is 1.05 bits per heavy atom. The van der Waals surface area contributed by atoms with Crippen LogP contribution in [0.4, 0.5) is 0 Å². The van der Waals surface area contributed by atoms with Gasteiger partial charge in [-0.15, -0.1) is 0 Å². The minimum atomic E-state index is 0.592. The molecule has 1 heterocycles. The van der Waals surface area contributed by atoms with E-state index in [-0.39, 0.29) is 0 Å². The number of nitrogens with zero attached hydrogens (tertiary/aromatic N) is 1. The van der Waals surface area contributed by atoms with Crippen LogP contribution in [-0.2, 0) is 6.54 Å². The highest BCUT2D eigenvalue weighted by molar-refractivity contribution is 5.37. The van der Waals surface area contributed by atoms with Gasteiger partial charge in [0.15, 0.2) is 0 Å². The number of rotatable bonds is 4. The molecule has 2 nitrogen and oxygen atoms in total. The second kappa shape index (κ2) is 6.10. The van der Waals surface area contributed by atoms with Crippen molar-refractivity contribution in [2.75, 3.05) is 20.2 Å². The monoisotopic (exact) mass is 267 g/mol. The fourth-order valence-corrected chi connectivity index (χ4v) is 3.08. The van der Waals surface area contributed by atoms with E-state index in [2.05, 4.69) is 53.4 Å². The number of likely N-dealkylation sites (tertiary alicyclic amines) is 1. The lowest BCUT2D eigenvalue weighted by molar-refractivity contribution is 0.325. The van der Waals surface area contributed by atoms with Crippen LogP contribution in [-0.4, -0.2) is 25.1 Å². The minimum absolute atomic E-state index is 0.592. The summed E-state index contributed by atoms with van der Waals surface area (Å²) in [6, 6.07) is 19.1. The summed E-state index contributed by atoms with van der Waals surface area (Å²) >= 11 is 0. The highest BCUT2D eigenvalue weighted by atomic mass is 16.5. The molecule has 1 unspecified atom stereocenters. The van der Waals surface area contributed by atoms with E-state index in [0.29, 0.717) is 5.92 Å². The summed E-state index contributed by atoms with van der Waals surface area (Å²) in [5, 5.41) is 0. The first-order valence-corrected chi connectivity index (χ1v) is 7.26. The van der Waals surface area contributed by atoms with Crippen molar-refractivity contribution in [2.24, 2.45) is 0 Å². The zero-order valence-corrected chi connectivity index (χ0v) is 12.0. The molecule has 2 aromatic rings. The molecule has 0 spiro atoms. The third kappa shape index (κ3) is 2.86. The number of hydrogen-bond acceptors (Lipinski definition) is 2. The number of hydrogen-bond donors (Lipinski definition) is 0. The fraction of sp³-hybridized carbons (Fsp3) is 0.333. The van der Waals surface area contributed by atoms with Crippen LogP contribution in [0, 0.1) is 0 Å². The highest BCUT2D eigenvalue weighted by Gasteiger charge is 2.25. The van der Waals surface area contributed by atoms with Gasteiger partial charge >= 0.3 is 0 Å². The molecule has 0 saturated carbocycles. The van der Waals surface area contributed by atoms with Crippen LogP contribution < -0.4 is 4.74 Å². The van der Waals surface area contributed by atoms with Crippen LogP contribution in [0.15, 0.2) is 54.6 Å². The summed E-state index contributed by atoms with van der Waals surface area (Å²) in [5.41, 5.74) is 2.75. The summed E-state index contributed by atoms with van der Waals surface area (Å²) in [7, 11) is 1.76. The Morgan fingerprint density at radius 2 is 1.80 bits per heavy atom. The van der Waals surface area contributed by atoms with Crippen LogP contribution in [0.1, 0.15) is 23.5 Å². The molecule has 2 heteroatoms. The summed E-state index contributed by atoms with van der Waals surface area (Å²) in [6.45, 7) is 3.33. The van der Waals surface area contributed by atoms with Gasteiger partial charge in [0.1, 0.15) is 5.75 Å². The molecular weight excluding hydrogens is 246 g/mol. The first kappa shape index (κ1) is 13.2. The molecule has 0 aromatic heterocycles. The smallest absolute Gasteiger partial charge is 0.122 e. The highest BCUT2D eigenvalue weighted by Crippen LogP contribution is 2.33. The van der Waals surface area contributed by atoms with Gasteiger partial charge in [-0.1, -0.05) is 48.5 Å². The Labute approximate surface area is 121 Å². The van der Waals surface area contributed by atoms with Gasteiger partial charge in [0, 0.05) is 19.0 Å². The molecule has 0 bridgehead atoms. The number of para-hydroxylation sites is 1. The van der Waals surface area contributed by atoms with Gasteiger partial charge in [0.05, 0.1) is 7.11 Å². The second-order valence-electron chi connectivity index (χ2n) is 5.45. The molecule has 0 N–H and O–H groups in total. The van der Waals surface area contributed by atoms with Crippen molar-refractivity contribution in [1.82, 2.24) is 4.90 Å². The van der Waals surface area contributed by atoms with Gasteiger partial charge in [-0.05, 0) is 30.2 Å². The molecule has 3 rings (SSSR count). The zero-order chi connectivity index (χ0) is 13.8. The van der Waals surface area contributed by atoms with Gasteiger partial charge in [-0.2, -0.15) is 0 Å². The predicted molar refractivity (Wildman–Crippen MR) is 82.1 cm³/mol. The Balaban J connectivity index is 1.67. The van der Waals surface area contributed by atoms with Crippen molar-refractivity contribution in [3.8, 4) is 5.75 Å². The van der Waals surface area contributed by atoms with E-state index >= 15 is 0 Å². The van der Waals surface area contributed by atoms with E-state index in [1.54, 1.807) is 7.11 Å². The molecular formula is C18H21NO. The molecule has 104 valence electrons. The van der Waals surface area contributed by atoms with Crippen LogP contribution in [0.3, 0.4) is 0 Å². The average Bonchev–Trinajstić information content (AvgIpc) is 2.96. The third-order valence-corrected chi connectivity index (χ3v) is 4.10. The number of benzene rings is 2. The Kier molecular flexibility index (Phi) is 4.03. The molecule has 20 heavy (non-hydrogen) atoms. The maximum absolute atomic E-state index is 5.49.